The summed E-state index contributed by atoms with van der Waals surface area (Å²) in [7, 11) is 3.06. The highest BCUT2D eigenvalue weighted by atomic mass is 16.3. The average Bonchev–Trinajstić information content (AvgIpc) is 3.01. The van der Waals surface area contributed by atoms with E-state index in [0.29, 0.717) is 23.7 Å². The number of aryl methyl sites for hydroxylation is 1. The van der Waals surface area contributed by atoms with Gasteiger partial charge in [0.05, 0.1) is 19.2 Å². The van der Waals surface area contributed by atoms with Crippen molar-refractivity contribution in [3.8, 4) is 0 Å². The first-order valence-corrected chi connectivity index (χ1v) is 8.92. The molecule has 2 heterocycles. The van der Waals surface area contributed by atoms with E-state index in [-0.39, 0.29) is 18.6 Å². The summed E-state index contributed by atoms with van der Waals surface area (Å²) in [6, 6.07) is 9.50. The van der Waals surface area contributed by atoms with Gasteiger partial charge in [-0.1, -0.05) is 44.2 Å². The molecule has 2 N–H and O–H groups in total. The number of benzene rings is 1. The fourth-order valence-corrected chi connectivity index (χ4v) is 3.07. The second-order valence-electron chi connectivity index (χ2n) is 7.06. The van der Waals surface area contributed by atoms with Crippen molar-refractivity contribution in [3.63, 3.8) is 0 Å². The van der Waals surface area contributed by atoms with Crippen LogP contribution in [-0.2, 0) is 20.6 Å². The summed E-state index contributed by atoms with van der Waals surface area (Å²) in [6.07, 6.45) is 0. The molecule has 8 nitrogen and oxygen atoms in total. The lowest BCUT2D eigenvalue weighted by Gasteiger charge is -2.21. The smallest absolute Gasteiger partial charge is 0.332 e. The maximum Gasteiger partial charge on any atom is 0.332 e. The Morgan fingerprint density at radius 3 is 2.37 bits per heavy atom. The predicted octanol–water partition coefficient (Wildman–Crippen LogP) is 0.911. The zero-order valence-electron chi connectivity index (χ0n) is 16.0. The van der Waals surface area contributed by atoms with Gasteiger partial charge < -0.3 is 10.4 Å². The molecule has 1 aromatic carbocycles. The zero-order valence-corrected chi connectivity index (χ0v) is 16.0. The molecule has 0 radical (unpaired) electrons. The summed E-state index contributed by atoms with van der Waals surface area (Å²) in [5, 5.41) is 12.9. The molecule has 0 unspecified atom stereocenters. The lowest BCUT2D eigenvalue weighted by Crippen LogP contribution is -2.37. The number of nitrogens with zero attached hydrogens (tertiary/aromatic N) is 4. The summed E-state index contributed by atoms with van der Waals surface area (Å²) in [5.41, 5.74) is 0.856. The van der Waals surface area contributed by atoms with Crippen LogP contribution >= 0.6 is 0 Å². The second-order valence-corrected chi connectivity index (χ2v) is 7.06. The van der Waals surface area contributed by atoms with Crippen molar-refractivity contribution in [2.75, 3.05) is 11.9 Å². The molecule has 3 aromatic rings. The maximum absolute atomic E-state index is 12.8. The highest BCUT2D eigenvalue weighted by molar-refractivity contribution is 5.74. The van der Waals surface area contributed by atoms with Gasteiger partial charge >= 0.3 is 5.69 Å². The van der Waals surface area contributed by atoms with Gasteiger partial charge in [0, 0.05) is 14.1 Å². The quantitative estimate of drug-likeness (QED) is 0.672. The lowest BCUT2D eigenvalue weighted by atomic mass is 10.1. The van der Waals surface area contributed by atoms with E-state index in [4.69, 9.17) is 0 Å². The van der Waals surface area contributed by atoms with Crippen LogP contribution < -0.4 is 16.6 Å². The lowest BCUT2D eigenvalue weighted by molar-refractivity contribution is 0.248. The predicted molar refractivity (Wildman–Crippen MR) is 105 cm³/mol. The van der Waals surface area contributed by atoms with Crippen molar-refractivity contribution >= 4 is 17.1 Å². The molecule has 0 spiro atoms. The van der Waals surface area contributed by atoms with Gasteiger partial charge in [-0.2, -0.15) is 4.98 Å². The van der Waals surface area contributed by atoms with Crippen LogP contribution in [0, 0.1) is 5.92 Å². The number of nitrogens with one attached hydrogen (secondary N) is 1. The van der Waals surface area contributed by atoms with Crippen molar-refractivity contribution in [2.24, 2.45) is 20.0 Å². The Balaban J connectivity index is 2.25. The number of anilines is 1. The van der Waals surface area contributed by atoms with Crippen LogP contribution in [-0.4, -0.2) is 36.4 Å². The molecule has 0 amide bonds. The largest absolute Gasteiger partial charge is 0.394 e. The van der Waals surface area contributed by atoms with E-state index >= 15 is 0 Å². The molecule has 0 aliphatic carbocycles. The Kier molecular flexibility index (Phi) is 5.18. The molecule has 1 atom stereocenters. The molecule has 0 saturated carbocycles. The number of aliphatic hydroxyl groups excluding tert-OH is 1. The van der Waals surface area contributed by atoms with Crippen LogP contribution in [0.2, 0.25) is 0 Å². The third-order valence-electron chi connectivity index (χ3n) is 4.85. The summed E-state index contributed by atoms with van der Waals surface area (Å²) in [6.45, 7) is 4.34. The number of hydrogen-bond acceptors (Lipinski definition) is 5. The van der Waals surface area contributed by atoms with Crippen LogP contribution in [0.3, 0.4) is 0 Å². The van der Waals surface area contributed by atoms with Gasteiger partial charge in [0.1, 0.15) is 0 Å². The van der Waals surface area contributed by atoms with Gasteiger partial charge in [-0.3, -0.25) is 18.5 Å². The number of aromatic nitrogens is 4. The maximum atomic E-state index is 12.8. The van der Waals surface area contributed by atoms with Gasteiger partial charge in [-0.05, 0) is 11.5 Å². The molecular weight excluding hydrogens is 346 g/mol. The van der Waals surface area contributed by atoms with E-state index in [1.807, 2.05) is 44.2 Å². The van der Waals surface area contributed by atoms with E-state index in [0.717, 1.165) is 10.1 Å². The van der Waals surface area contributed by atoms with E-state index in [1.54, 1.807) is 11.6 Å². The van der Waals surface area contributed by atoms with Crippen molar-refractivity contribution in [2.45, 2.75) is 26.4 Å². The van der Waals surface area contributed by atoms with Crippen molar-refractivity contribution in [1.29, 1.82) is 0 Å². The highest BCUT2D eigenvalue weighted by Crippen LogP contribution is 2.20. The van der Waals surface area contributed by atoms with Crippen LogP contribution in [0.15, 0.2) is 39.9 Å². The van der Waals surface area contributed by atoms with E-state index in [9.17, 15) is 14.7 Å². The SMILES string of the molecule is CC(C)[C@H](CO)Nc1nc2c(c(=O)n(C)c(=O)n2C)n1Cc1ccccc1. The fourth-order valence-electron chi connectivity index (χ4n) is 3.07. The van der Waals surface area contributed by atoms with Crippen LogP contribution in [0.4, 0.5) is 5.95 Å². The molecule has 144 valence electrons. The summed E-state index contributed by atoms with van der Waals surface area (Å²) in [4.78, 5) is 29.6. The molecule has 3 rings (SSSR count). The number of rotatable bonds is 6. The zero-order chi connectivity index (χ0) is 19.7. The first-order chi connectivity index (χ1) is 12.8. The number of aliphatic hydroxyl groups is 1. The van der Waals surface area contributed by atoms with Gasteiger partial charge in [0.2, 0.25) is 5.95 Å². The Bertz CT molecular complexity index is 1060. The molecular formula is C19H25N5O3. The van der Waals surface area contributed by atoms with Crippen LogP contribution in [0.1, 0.15) is 19.4 Å². The van der Waals surface area contributed by atoms with Gasteiger partial charge in [0.25, 0.3) is 5.56 Å². The topological polar surface area (TPSA) is 94.1 Å². The minimum Gasteiger partial charge on any atom is -0.394 e. The van der Waals surface area contributed by atoms with Crippen LogP contribution in [0.5, 0.6) is 0 Å². The number of imidazole rings is 1. The Hall–Kier alpha value is -2.87. The standard InChI is InChI=1S/C19H25N5O3/c1-12(2)14(11-25)20-18-21-16-15(17(26)23(4)19(27)22(16)3)24(18)10-13-8-6-5-7-9-13/h5-9,12,14,25H,10-11H2,1-4H3,(H,20,21)/t14-/m0/s1. The van der Waals surface area contributed by atoms with E-state index in [1.165, 1.54) is 11.6 Å². The fraction of sp³-hybridized carbons (Fsp3) is 0.421. The Morgan fingerprint density at radius 2 is 1.78 bits per heavy atom. The van der Waals surface area contributed by atoms with Gasteiger partial charge in [-0.25, -0.2) is 4.79 Å². The van der Waals surface area contributed by atoms with E-state index in [2.05, 4.69) is 10.3 Å². The monoisotopic (exact) mass is 371 g/mol. The first-order valence-electron chi connectivity index (χ1n) is 8.92. The molecule has 0 fully saturated rings. The summed E-state index contributed by atoms with van der Waals surface area (Å²) in [5.74, 6) is 0.617. The highest BCUT2D eigenvalue weighted by Gasteiger charge is 2.22. The molecule has 0 bridgehead atoms. The Labute approximate surface area is 156 Å². The van der Waals surface area contributed by atoms with Gasteiger partial charge in [-0.15, -0.1) is 0 Å². The number of hydrogen-bond donors (Lipinski definition) is 2. The van der Waals surface area contributed by atoms with Gasteiger partial charge in [0.15, 0.2) is 11.2 Å². The Morgan fingerprint density at radius 1 is 1.11 bits per heavy atom. The third-order valence-corrected chi connectivity index (χ3v) is 4.85. The van der Waals surface area contributed by atoms with Crippen molar-refractivity contribution in [3.05, 3.63) is 56.7 Å². The summed E-state index contributed by atoms with van der Waals surface area (Å²) >= 11 is 0. The number of fused-ring (bicyclic) bond motifs is 1. The van der Waals surface area contributed by atoms with Crippen molar-refractivity contribution < 1.29 is 5.11 Å². The average molecular weight is 371 g/mol. The molecule has 0 aliphatic heterocycles. The minimum absolute atomic E-state index is 0.0663. The normalized spacial score (nSPS) is 12.7. The molecule has 2 aromatic heterocycles. The van der Waals surface area contributed by atoms with E-state index < -0.39 is 11.2 Å². The minimum atomic E-state index is -0.425. The molecule has 0 aliphatic rings. The molecule has 0 saturated heterocycles. The van der Waals surface area contributed by atoms with Crippen LogP contribution in [0.25, 0.3) is 11.2 Å². The molecule has 27 heavy (non-hydrogen) atoms. The third kappa shape index (κ3) is 3.40. The molecule has 8 heteroatoms. The first kappa shape index (κ1) is 18.9. The summed E-state index contributed by atoms with van der Waals surface area (Å²) < 4.78 is 4.23. The van der Waals surface area contributed by atoms with Crippen molar-refractivity contribution in [1.82, 2.24) is 18.7 Å². The second kappa shape index (κ2) is 7.40.